The largest absolute Gasteiger partial charge is 0.444 e. The molecular formula is C26H49N3O4. The standard InChI is InChI=1S/C26H49N3O4/c1-17(2)13-20(28-22(31)33-23(4,5)6)18(3)14-24(7,8)21(30)27-19-15-25(9,10)29(32)26(11,12)16-19/h14,17,19-20,32H,13,15-16H2,1-12H3,(H,27,30)(H,28,31). The molecule has 1 fully saturated rings. The summed E-state index contributed by atoms with van der Waals surface area (Å²) < 4.78 is 5.44. The molecule has 1 rings (SSSR count). The second kappa shape index (κ2) is 10.3. The molecule has 0 saturated carbocycles. The van der Waals surface area contributed by atoms with Crippen molar-refractivity contribution in [3.8, 4) is 0 Å². The highest BCUT2D eigenvalue weighted by atomic mass is 16.6. The van der Waals surface area contributed by atoms with E-state index in [1.165, 1.54) is 5.06 Å². The molecule has 0 aromatic heterocycles. The Morgan fingerprint density at radius 1 is 1.09 bits per heavy atom. The Hall–Kier alpha value is -1.60. The Morgan fingerprint density at radius 3 is 2.00 bits per heavy atom. The molecule has 192 valence electrons. The number of nitrogens with zero attached hydrogens (tertiary/aromatic N) is 1. The topological polar surface area (TPSA) is 90.9 Å². The minimum absolute atomic E-state index is 0.0368. The predicted octanol–water partition coefficient (Wildman–Crippen LogP) is 5.43. The van der Waals surface area contributed by atoms with Gasteiger partial charge in [0, 0.05) is 17.1 Å². The average Bonchev–Trinajstić information content (AvgIpc) is 2.55. The van der Waals surface area contributed by atoms with Gasteiger partial charge in [0.15, 0.2) is 0 Å². The van der Waals surface area contributed by atoms with Crippen molar-refractivity contribution in [2.75, 3.05) is 0 Å². The van der Waals surface area contributed by atoms with Crippen molar-refractivity contribution in [2.24, 2.45) is 11.3 Å². The number of hydroxylamine groups is 2. The summed E-state index contributed by atoms with van der Waals surface area (Å²) in [5.74, 6) is 0.295. The maximum atomic E-state index is 13.3. The van der Waals surface area contributed by atoms with Crippen LogP contribution >= 0.6 is 0 Å². The monoisotopic (exact) mass is 467 g/mol. The summed E-state index contributed by atoms with van der Waals surface area (Å²) in [5.41, 5.74) is -1.28. The number of alkyl carbamates (subject to hydrolysis) is 1. The van der Waals surface area contributed by atoms with Gasteiger partial charge < -0.3 is 20.6 Å². The number of carbonyl (C=O) groups is 2. The first-order valence-electron chi connectivity index (χ1n) is 12.2. The van der Waals surface area contributed by atoms with E-state index in [0.717, 1.165) is 12.0 Å². The van der Waals surface area contributed by atoms with Crippen LogP contribution in [0.15, 0.2) is 11.6 Å². The number of rotatable bonds is 7. The highest BCUT2D eigenvalue weighted by Crippen LogP contribution is 2.37. The van der Waals surface area contributed by atoms with Crippen molar-refractivity contribution in [3.05, 3.63) is 11.6 Å². The van der Waals surface area contributed by atoms with Crippen molar-refractivity contribution >= 4 is 12.0 Å². The Labute approximate surface area is 201 Å². The normalized spacial score (nSPS) is 21.0. The highest BCUT2D eigenvalue weighted by molar-refractivity contribution is 5.84. The van der Waals surface area contributed by atoms with Gasteiger partial charge in [-0.3, -0.25) is 4.79 Å². The maximum Gasteiger partial charge on any atom is 0.408 e. The van der Waals surface area contributed by atoms with Crippen molar-refractivity contribution in [3.63, 3.8) is 0 Å². The van der Waals surface area contributed by atoms with Gasteiger partial charge in [-0.25, -0.2) is 4.79 Å². The SMILES string of the molecule is CC(=CC(C)(C)C(=O)NC1CC(C)(C)N(O)C(C)(C)C1)C(CC(C)C)NC(=O)OC(C)(C)C. The fraction of sp³-hybridized carbons (Fsp3) is 0.846. The van der Waals surface area contributed by atoms with Gasteiger partial charge in [-0.1, -0.05) is 25.5 Å². The van der Waals surface area contributed by atoms with Gasteiger partial charge in [0.1, 0.15) is 5.60 Å². The van der Waals surface area contributed by atoms with E-state index in [1.54, 1.807) is 0 Å². The molecule has 0 aromatic rings. The maximum absolute atomic E-state index is 13.3. The van der Waals surface area contributed by atoms with E-state index in [0.29, 0.717) is 18.8 Å². The van der Waals surface area contributed by atoms with E-state index in [-0.39, 0.29) is 18.0 Å². The second-order valence-corrected chi connectivity index (χ2v) is 13.0. The predicted molar refractivity (Wildman–Crippen MR) is 133 cm³/mol. The van der Waals surface area contributed by atoms with E-state index < -0.39 is 28.2 Å². The summed E-state index contributed by atoms with van der Waals surface area (Å²) >= 11 is 0. The molecule has 2 amide bonds. The van der Waals surface area contributed by atoms with Gasteiger partial charge in [0.25, 0.3) is 0 Å². The number of amides is 2. The molecule has 1 saturated heterocycles. The van der Waals surface area contributed by atoms with Gasteiger partial charge in [0.2, 0.25) is 5.91 Å². The minimum atomic E-state index is -0.764. The van der Waals surface area contributed by atoms with Crippen LogP contribution in [0.2, 0.25) is 0 Å². The second-order valence-electron chi connectivity index (χ2n) is 13.0. The molecule has 0 aliphatic carbocycles. The lowest BCUT2D eigenvalue weighted by Crippen LogP contribution is -2.63. The van der Waals surface area contributed by atoms with Crippen LogP contribution in [0.5, 0.6) is 0 Å². The molecule has 1 unspecified atom stereocenters. The molecule has 7 heteroatoms. The molecule has 3 N–H and O–H groups in total. The van der Waals surface area contributed by atoms with Crippen molar-refractivity contribution in [2.45, 2.75) is 131 Å². The van der Waals surface area contributed by atoms with Gasteiger partial charge in [0.05, 0.1) is 11.5 Å². The van der Waals surface area contributed by atoms with Crippen LogP contribution in [-0.2, 0) is 9.53 Å². The molecule has 0 bridgehead atoms. The first-order valence-corrected chi connectivity index (χ1v) is 12.2. The molecule has 1 heterocycles. The summed E-state index contributed by atoms with van der Waals surface area (Å²) in [4.78, 5) is 25.7. The van der Waals surface area contributed by atoms with Crippen molar-refractivity contribution < 1.29 is 19.5 Å². The van der Waals surface area contributed by atoms with Gasteiger partial charge in [-0.15, -0.1) is 0 Å². The van der Waals surface area contributed by atoms with E-state index in [9.17, 15) is 14.8 Å². The Kier molecular flexibility index (Phi) is 9.23. The number of ether oxygens (including phenoxy) is 1. The lowest BCUT2D eigenvalue weighted by Gasteiger charge is -2.51. The molecular weight excluding hydrogens is 418 g/mol. The fourth-order valence-electron chi connectivity index (χ4n) is 4.76. The Balaban J connectivity index is 3.00. The smallest absolute Gasteiger partial charge is 0.408 e. The molecule has 0 spiro atoms. The van der Waals surface area contributed by atoms with E-state index in [4.69, 9.17) is 4.74 Å². The molecule has 7 nitrogen and oxygen atoms in total. The number of piperidine rings is 1. The lowest BCUT2D eigenvalue weighted by atomic mass is 9.78. The third-order valence-electron chi connectivity index (χ3n) is 6.10. The highest BCUT2D eigenvalue weighted by Gasteiger charge is 2.46. The van der Waals surface area contributed by atoms with Crippen LogP contribution < -0.4 is 10.6 Å². The molecule has 1 atom stereocenters. The molecule has 33 heavy (non-hydrogen) atoms. The van der Waals surface area contributed by atoms with E-state index in [2.05, 4.69) is 24.5 Å². The van der Waals surface area contributed by atoms with Crippen LogP contribution in [0.3, 0.4) is 0 Å². The Bertz CT molecular complexity index is 714. The van der Waals surface area contributed by atoms with Gasteiger partial charge >= 0.3 is 6.09 Å². The molecule has 0 aromatic carbocycles. The van der Waals surface area contributed by atoms with Crippen LogP contribution in [0.25, 0.3) is 0 Å². The zero-order valence-electron chi connectivity index (χ0n) is 23.0. The quantitative estimate of drug-likeness (QED) is 0.435. The summed E-state index contributed by atoms with van der Waals surface area (Å²) in [5, 5.41) is 18.1. The molecule has 1 aliphatic rings. The minimum Gasteiger partial charge on any atom is -0.444 e. The average molecular weight is 468 g/mol. The van der Waals surface area contributed by atoms with Crippen molar-refractivity contribution in [1.29, 1.82) is 0 Å². The summed E-state index contributed by atoms with van der Waals surface area (Å²) in [6.45, 7) is 23.4. The summed E-state index contributed by atoms with van der Waals surface area (Å²) in [7, 11) is 0. The first kappa shape index (κ1) is 29.4. The summed E-state index contributed by atoms with van der Waals surface area (Å²) in [6.07, 6.45) is 3.56. The van der Waals surface area contributed by atoms with Crippen LogP contribution in [-0.4, -0.2) is 51.0 Å². The molecule has 1 aliphatic heterocycles. The third kappa shape index (κ3) is 8.93. The molecule has 0 radical (unpaired) electrons. The Morgan fingerprint density at radius 2 is 1.58 bits per heavy atom. The van der Waals surface area contributed by atoms with E-state index >= 15 is 0 Å². The first-order chi connectivity index (χ1) is 14.7. The zero-order valence-corrected chi connectivity index (χ0v) is 23.0. The van der Waals surface area contributed by atoms with Crippen molar-refractivity contribution in [1.82, 2.24) is 15.7 Å². The number of hydrogen-bond donors (Lipinski definition) is 3. The van der Waals surface area contributed by atoms with Gasteiger partial charge in [-0.2, -0.15) is 5.06 Å². The number of nitrogens with one attached hydrogen (secondary N) is 2. The number of carbonyl (C=O) groups excluding carboxylic acids is 2. The number of hydrogen-bond acceptors (Lipinski definition) is 5. The van der Waals surface area contributed by atoms with Crippen LogP contribution in [0.1, 0.15) is 102 Å². The van der Waals surface area contributed by atoms with Crippen LogP contribution in [0.4, 0.5) is 4.79 Å². The van der Waals surface area contributed by atoms with E-state index in [1.807, 2.05) is 75.3 Å². The fourth-order valence-corrected chi connectivity index (χ4v) is 4.76. The van der Waals surface area contributed by atoms with Crippen LogP contribution in [0, 0.1) is 11.3 Å². The zero-order chi connectivity index (χ0) is 26.0. The summed E-state index contributed by atoms with van der Waals surface area (Å²) in [6, 6.07) is -0.257. The van der Waals surface area contributed by atoms with Gasteiger partial charge in [-0.05, 0) is 94.4 Å². The third-order valence-corrected chi connectivity index (χ3v) is 6.10. The lowest BCUT2D eigenvalue weighted by molar-refractivity contribution is -0.246.